The first kappa shape index (κ1) is 24.8. The summed E-state index contributed by atoms with van der Waals surface area (Å²) in [6.07, 6.45) is 0. The number of aryl methyl sites for hydroxylation is 1. The Morgan fingerprint density at radius 3 is 1.62 bits per heavy atom. The van der Waals surface area contributed by atoms with E-state index >= 15 is 0 Å². The zero-order valence-corrected chi connectivity index (χ0v) is 19.8. The van der Waals surface area contributed by atoms with Crippen molar-refractivity contribution in [2.24, 2.45) is 0 Å². The van der Waals surface area contributed by atoms with Crippen molar-refractivity contribution in [2.45, 2.75) is 34.6 Å². The zero-order valence-electron chi connectivity index (χ0n) is 19.8. The van der Waals surface area contributed by atoms with Crippen molar-refractivity contribution in [1.82, 2.24) is 4.98 Å². The third kappa shape index (κ3) is 4.33. The van der Waals surface area contributed by atoms with Gasteiger partial charge in [0.05, 0.1) is 54.2 Å². The van der Waals surface area contributed by atoms with Gasteiger partial charge in [-0.25, -0.2) is 19.2 Å². The van der Waals surface area contributed by atoms with Gasteiger partial charge in [-0.1, -0.05) is 11.6 Å². The number of esters is 4. The fourth-order valence-corrected chi connectivity index (χ4v) is 3.88. The smallest absolute Gasteiger partial charge is 0.341 e. The van der Waals surface area contributed by atoms with Gasteiger partial charge in [0, 0.05) is 16.3 Å². The van der Waals surface area contributed by atoms with Gasteiger partial charge in [0.2, 0.25) is 0 Å². The molecular formula is C25H27NO8. The number of rotatable bonds is 8. The highest BCUT2D eigenvalue weighted by molar-refractivity contribution is 6.28. The fraction of sp³-hybridized carbons (Fsp3) is 0.360. The molecule has 0 fully saturated rings. The number of ether oxygens (including phenoxy) is 4. The Labute approximate surface area is 196 Å². The highest BCUT2D eigenvalue weighted by Gasteiger charge is 2.37. The molecule has 0 aliphatic rings. The van der Waals surface area contributed by atoms with Crippen LogP contribution in [0.15, 0.2) is 18.2 Å². The van der Waals surface area contributed by atoms with Gasteiger partial charge in [-0.05, 0) is 46.8 Å². The molecule has 0 spiro atoms. The second kappa shape index (κ2) is 10.4. The van der Waals surface area contributed by atoms with E-state index in [9.17, 15) is 19.2 Å². The topological polar surface area (TPSA) is 121 Å². The summed E-state index contributed by atoms with van der Waals surface area (Å²) in [5.41, 5.74) is 0.455. The molecule has 180 valence electrons. The number of H-pyrrole nitrogens is 1. The van der Waals surface area contributed by atoms with Crippen LogP contribution in [0.5, 0.6) is 0 Å². The molecule has 1 aromatic heterocycles. The molecule has 1 N–H and O–H groups in total. The maximum atomic E-state index is 13.2. The number of carbonyl (C=O) groups is 4. The number of carbonyl (C=O) groups excluding carboxylic acids is 4. The van der Waals surface area contributed by atoms with Crippen molar-refractivity contribution < 1.29 is 38.1 Å². The maximum Gasteiger partial charge on any atom is 0.341 e. The molecule has 9 nitrogen and oxygen atoms in total. The molecule has 0 bridgehead atoms. The summed E-state index contributed by atoms with van der Waals surface area (Å²) >= 11 is 0. The first-order chi connectivity index (χ1) is 16.3. The lowest BCUT2D eigenvalue weighted by Gasteiger charge is -2.18. The molecule has 0 amide bonds. The number of hydrogen-bond donors (Lipinski definition) is 1. The normalized spacial score (nSPS) is 10.9. The van der Waals surface area contributed by atoms with Gasteiger partial charge in [-0.2, -0.15) is 0 Å². The maximum absolute atomic E-state index is 13.2. The standard InChI is InChI=1S/C25H27NO8/c1-6-31-22(27)17-16-14-12-13(5)10-11-15(14)26-21(16)20(25(30)34-9-4)19(24(29)33-8-3)18(17)23(28)32-7-2/h10-12,26H,6-9H2,1-5H3. The largest absolute Gasteiger partial charge is 0.462 e. The molecule has 1 heterocycles. The van der Waals surface area contributed by atoms with E-state index in [0.717, 1.165) is 5.56 Å². The van der Waals surface area contributed by atoms with Crippen LogP contribution >= 0.6 is 0 Å². The number of nitrogens with one attached hydrogen (secondary N) is 1. The number of aromatic nitrogens is 1. The van der Waals surface area contributed by atoms with Crippen molar-refractivity contribution in [2.75, 3.05) is 26.4 Å². The van der Waals surface area contributed by atoms with E-state index in [2.05, 4.69) is 4.98 Å². The van der Waals surface area contributed by atoms with Crippen LogP contribution in [0.25, 0.3) is 21.8 Å². The number of benzene rings is 2. The molecule has 2 aromatic carbocycles. The van der Waals surface area contributed by atoms with E-state index < -0.39 is 35.0 Å². The van der Waals surface area contributed by atoms with Crippen molar-refractivity contribution in [3.05, 3.63) is 46.0 Å². The van der Waals surface area contributed by atoms with Gasteiger partial charge >= 0.3 is 23.9 Å². The summed E-state index contributed by atoms with van der Waals surface area (Å²) in [4.78, 5) is 55.9. The van der Waals surface area contributed by atoms with Gasteiger partial charge in [-0.15, -0.1) is 0 Å². The summed E-state index contributed by atoms with van der Waals surface area (Å²) in [5.74, 6) is -3.60. The zero-order chi connectivity index (χ0) is 25.0. The Bertz CT molecular complexity index is 1290. The summed E-state index contributed by atoms with van der Waals surface area (Å²) < 4.78 is 20.9. The lowest BCUT2D eigenvalue weighted by Crippen LogP contribution is -2.24. The Morgan fingerprint density at radius 2 is 1.12 bits per heavy atom. The molecule has 0 saturated carbocycles. The second-order valence-electron chi connectivity index (χ2n) is 7.31. The van der Waals surface area contributed by atoms with Crippen LogP contribution in [-0.4, -0.2) is 55.3 Å². The molecule has 0 saturated heterocycles. The van der Waals surface area contributed by atoms with Crippen LogP contribution < -0.4 is 0 Å². The molecule has 0 atom stereocenters. The highest BCUT2D eigenvalue weighted by atomic mass is 16.5. The van der Waals surface area contributed by atoms with Crippen LogP contribution in [0.1, 0.15) is 74.7 Å². The minimum Gasteiger partial charge on any atom is -0.462 e. The molecule has 0 radical (unpaired) electrons. The van der Waals surface area contributed by atoms with Crippen LogP contribution in [-0.2, 0) is 18.9 Å². The predicted molar refractivity (Wildman–Crippen MR) is 124 cm³/mol. The van der Waals surface area contributed by atoms with E-state index in [0.29, 0.717) is 10.9 Å². The fourth-order valence-electron chi connectivity index (χ4n) is 3.88. The van der Waals surface area contributed by atoms with Gasteiger partial charge in [0.25, 0.3) is 0 Å². The highest BCUT2D eigenvalue weighted by Crippen LogP contribution is 2.38. The summed E-state index contributed by atoms with van der Waals surface area (Å²) in [6.45, 7) is 8.28. The summed E-state index contributed by atoms with van der Waals surface area (Å²) in [6, 6.07) is 5.44. The molecule has 3 rings (SSSR count). The van der Waals surface area contributed by atoms with Crippen LogP contribution in [0, 0.1) is 6.92 Å². The lowest BCUT2D eigenvalue weighted by atomic mass is 9.90. The van der Waals surface area contributed by atoms with Gasteiger partial charge in [0.1, 0.15) is 0 Å². The first-order valence-electron chi connectivity index (χ1n) is 11.1. The molecular weight excluding hydrogens is 442 g/mol. The second-order valence-corrected chi connectivity index (χ2v) is 7.31. The molecule has 3 aromatic rings. The average molecular weight is 469 g/mol. The van der Waals surface area contributed by atoms with Gasteiger partial charge in [-0.3, -0.25) is 0 Å². The van der Waals surface area contributed by atoms with Crippen LogP contribution in [0.4, 0.5) is 0 Å². The molecule has 0 unspecified atom stereocenters. The van der Waals surface area contributed by atoms with Crippen molar-refractivity contribution in [1.29, 1.82) is 0 Å². The van der Waals surface area contributed by atoms with E-state index in [1.165, 1.54) is 0 Å². The lowest BCUT2D eigenvalue weighted by molar-refractivity contribution is 0.0446. The van der Waals surface area contributed by atoms with Gasteiger partial charge in [0.15, 0.2) is 0 Å². The van der Waals surface area contributed by atoms with E-state index in [1.807, 2.05) is 19.1 Å². The van der Waals surface area contributed by atoms with Crippen LogP contribution in [0.3, 0.4) is 0 Å². The average Bonchev–Trinajstić information content (AvgIpc) is 3.16. The Morgan fingerprint density at radius 1 is 0.676 bits per heavy atom. The molecule has 9 heteroatoms. The first-order valence-corrected chi connectivity index (χ1v) is 11.1. The monoisotopic (exact) mass is 469 g/mol. The minimum absolute atomic E-state index is 0.0241. The summed E-state index contributed by atoms with van der Waals surface area (Å²) in [5, 5.41) is 0.834. The molecule has 34 heavy (non-hydrogen) atoms. The number of hydrogen-bond acceptors (Lipinski definition) is 8. The van der Waals surface area contributed by atoms with Crippen molar-refractivity contribution in [3.8, 4) is 0 Å². The quantitative estimate of drug-likeness (QED) is 0.382. The third-order valence-corrected chi connectivity index (χ3v) is 5.12. The Kier molecular flexibility index (Phi) is 7.55. The van der Waals surface area contributed by atoms with Crippen LogP contribution in [0.2, 0.25) is 0 Å². The Hall–Kier alpha value is -3.88. The Balaban J connectivity index is 2.66. The predicted octanol–water partition coefficient (Wildman–Crippen LogP) is 4.34. The van der Waals surface area contributed by atoms with E-state index in [1.54, 1.807) is 33.8 Å². The number of fused-ring (bicyclic) bond motifs is 3. The van der Waals surface area contributed by atoms with Crippen molar-refractivity contribution >= 4 is 45.7 Å². The van der Waals surface area contributed by atoms with Gasteiger partial charge < -0.3 is 23.9 Å². The molecule has 0 aliphatic heterocycles. The SMILES string of the molecule is CCOC(=O)c1c(C(=O)OCC)c(C(=O)OCC)c2c([nH]c3ccc(C)cc32)c1C(=O)OCC. The van der Waals surface area contributed by atoms with Crippen molar-refractivity contribution in [3.63, 3.8) is 0 Å². The van der Waals surface area contributed by atoms with E-state index in [-0.39, 0.29) is 48.5 Å². The number of aromatic amines is 1. The van der Waals surface area contributed by atoms with E-state index in [4.69, 9.17) is 18.9 Å². The minimum atomic E-state index is -0.962. The third-order valence-electron chi connectivity index (χ3n) is 5.12. The summed E-state index contributed by atoms with van der Waals surface area (Å²) in [7, 11) is 0. The molecule has 0 aliphatic carbocycles.